The van der Waals surface area contributed by atoms with Crippen LogP contribution in [0.15, 0.2) is 28.9 Å². The number of nitrogens with zero attached hydrogens (tertiary/aromatic N) is 2. The number of morpholine rings is 1. The number of carbonyl (C=O) groups is 1. The smallest absolute Gasteiger partial charge is 0.276 e. The zero-order chi connectivity index (χ0) is 18.6. The SMILES string of the molecule is CCC[C@H]1COCCN1C(=O)c1coc(COc2ccc3c(c2)OCO3)n1. The second kappa shape index (κ2) is 7.87. The summed E-state index contributed by atoms with van der Waals surface area (Å²) in [4.78, 5) is 18.9. The van der Waals surface area contributed by atoms with Crippen LogP contribution in [0.3, 0.4) is 0 Å². The van der Waals surface area contributed by atoms with Gasteiger partial charge >= 0.3 is 0 Å². The van der Waals surface area contributed by atoms with Gasteiger partial charge in [-0.25, -0.2) is 4.98 Å². The molecule has 1 aromatic heterocycles. The van der Waals surface area contributed by atoms with E-state index < -0.39 is 0 Å². The maximum absolute atomic E-state index is 12.8. The van der Waals surface area contributed by atoms with Gasteiger partial charge in [-0.15, -0.1) is 0 Å². The van der Waals surface area contributed by atoms with E-state index in [9.17, 15) is 4.79 Å². The highest BCUT2D eigenvalue weighted by Gasteiger charge is 2.29. The highest BCUT2D eigenvalue weighted by Crippen LogP contribution is 2.35. The van der Waals surface area contributed by atoms with Crippen LogP contribution in [0, 0.1) is 0 Å². The van der Waals surface area contributed by atoms with Crippen molar-refractivity contribution in [3.8, 4) is 17.2 Å². The molecule has 1 saturated heterocycles. The number of aromatic nitrogens is 1. The number of hydrogen-bond acceptors (Lipinski definition) is 7. The molecule has 27 heavy (non-hydrogen) atoms. The first-order chi connectivity index (χ1) is 13.2. The van der Waals surface area contributed by atoms with Crippen molar-refractivity contribution in [2.75, 3.05) is 26.6 Å². The zero-order valence-corrected chi connectivity index (χ0v) is 15.2. The van der Waals surface area contributed by atoms with Crippen LogP contribution in [0.25, 0.3) is 0 Å². The maximum atomic E-state index is 12.8. The lowest BCUT2D eigenvalue weighted by molar-refractivity contribution is -0.00464. The normalized spacial score (nSPS) is 18.6. The molecule has 0 N–H and O–H groups in total. The van der Waals surface area contributed by atoms with E-state index in [1.165, 1.54) is 6.26 Å². The van der Waals surface area contributed by atoms with Crippen LogP contribution in [0.5, 0.6) is 17.2 Å². The Bertz CT molecular complexity index is 803. The van der Waals surface area contributed by atoms with Gasteiger partial charge in [-0.2, -0.15) is 0 Å². The van der Waals surface area contributed by atoms with E-state index in [4.69, 9.17) is 23.4 Å². The third-order valence-corrected chi connectivity index (χ3v) is 4.59. The maximum Gasteiger partial charge on any atom is 0.276 e. The summed E-state index contributed by atoms with van der Waals surface area (Å²) in [5.41, 5.74) is 0.294. The molecule has 8 heteroatoms. The fourth-order valence-electron chi connectivity index (χ4n) is 3.23. The summed E-state index contributed by atoms with van der Waals surface area (Å²) in [5, 5.41) is 0. The van der Waals surface area contributed by atoms with E-state index in [-0.39, 0.29) is 25.3 Å². The molecular formula is C19H22N2O6. The molecule has 0 saturated carbocycles. The minimum absolute atomic E-state index is 0.0845. The average Bonchev–Trinajstić information content (AvgIpc) is 3.35. The first-order valence-electron chi connectivity index (χ1n) is 9.10. The topological polar surface area (TPSA) is 83.3 Å². The first kappa shape index (κ1) is 17.7. The molecule has 0 unspecified atom stereocenters. The third-order valence-electron chi connectivity index (χ3n) is 4.59. The van der Waals surface area contributed by atoms with Crippen molar-refractivity contribution in [3.63, 3.8) is 0 Å². The molecule has 0 spiro atoms. The van der Waals surface area contributed by atoms with E-state index in [0.717, 1.165) is 12.8 Å². The Morgan fingerprint density at radius 2 is 2.22 bits per heavy atom. The van der Waals surface area contributed by atoms with Crippen molar-refractivity contribution < 1.29 is 28.2 Å². The average molecular weight is 374 g/mol. The van der Waals surface area contributed by atoms with Crippen LogP contribution in [0.4, 0.5) is 0 Å². The Labute approximate surface area is 157 Å². The highest BCUT2D eigenvalue weighted by molar-refractivity contribution is 5.92. The minimum atomic E-state index is -0.130. The molecule has 8 nitrogen and oxygen atoms in total. The Morgan fingerprint density at radius 3 is 3.11 bits per heavy atom. The number of ether oxygens (including phenoxy) is 4. The van der Waals surface area contributed by atoms with Crippen molar-refractivity contribution in [1.29, 1.82) is 0 Å². The summed E-state index contributed by atoms with van der Waals surface area (Å²) in [6, 6.07) is 5.40. The fourth-order valence-corrected chi connectivity index (χ4v) is 3.23. The summed E-state index contributed by atoms with van der Waals surface area (Å²) < 4.78 is 27.2. The van der Waals surface area contributed by atoms with Crippen LogP contribution >= 0.6 is 0 Å². The Balaban J connectivity index is 1.38. The van der Waals surface area contributed by atoms with Crippen LogP contribution in [0.1, 0.15) is 36.1 Å². The molecule has 2 aliphatic heterocycles. The molecule has 1 aromatic carbocycles. The lowest BCUT2D eigenvalue weighted by atomic mass is 10.1. The molecular weight excluding hydrogens is 352 g/mol. The molecule has 1 atom stereocenters. The largest absolute Gasteiger partial charge is 0.484 e. The summed E-state index contributed by atoms with van der Waals surface area (Å²) in [6.45, 7) is 4.11. The van der Waals surface area contributed by atoms with Gasteiger partial charge in [0.15, 0.2) is 23.8 Å². The number of benzene rings is 1. The summed E-state index contributed by atoms with van der Waals surface area (Å²) in [7, 11) is 0. The lowest BCUT2D eigenvalue weighted by Gasteiger charge is -2.35. The standard InChI is InChI=1S/C19H22N2O6/c1-2-3-13-9-23-7-6-21(13)19(22)15-10-25-18(20-15)11-24-14-4-5-16-17(8-14)27-12-26-16/h4-5,8,10,13H,2-3,6-7,9,11-12H2,1H3/t13-/m0/s1. The zero-order valence-electron chi connectivity index (χ0n) is 15.2. The van der Waals surface area contributed by atoms with Gasteiger partial charge in [0, 0.05) is 12.6 Å². The van der Waals surface area contributed by atoms with Crippen LogP contribution < -0.4 is 14.2 Å². The molecule has 4 rings (SSSR count). The van der Waals surface area contributed by atoms with E-state index in [2.05, 4.69) is 11.9 Å². The first-order valence-corrected chi connectivity index (χ1v) is 9.10. The van der Waals surface area contributed by atoms with Crippen LogP contribution in [0.2, 0.25) is 0 Å². The molecule has 144 valence electrons. The van der Waals surface area contributed by atoms with Crippen molar-refractivity contribution in [2.45, 2.75) is 32.4 Å². The molecule has 1 fully saturated rings. The molecule has 0 aliphatic carbocycles. The molecule has 2 aromatic rings. The highest BCUT2D eigenvalue weighted by atomic mass is 16.7. The van der Waals surface area contributed by atoms with Crippen molar-refractivity contribution >= 4 is 5.91 Å². The Hall–Kier alpha value is -2.74. The number of rotatable bonds is 6. The van der Waals surface area contributed by atoms with Crippen molar-refractivity contribution in [1.82, 2.24) is 9.88 Å². The molecule has 1 amide bonds. The van der Waals surface area contributed by atoms with Crippen molar-refractivity contribution in [2.24, 2.45) is 0 Å². The van der Waals surface area contributed by atoms with Gasteiger partial charge in [-0.1, -0.05) is 13.3 Å². The number of amides is 1. The Morgan fingerprint density at radius 1 is 1.33 bits per heavy atom. The summed E-state index contributed by atoms with van der Waals surface area (Å²) in [5.74, 6) is 2.16. The van der Waals surface area contributed by atoms with E-state index in [0.29, 0.717) is 48.6 Å². The summed E-state index contributed by atoms with van der Waals surface area (Å²) in [6.07, 6.45) is 3.29. The number of hydrogen-bond donors (Lipinski definition) is 0. The quantitative estimate of drug-likeness (QED) is 0.768. The molecule has 2 aliphatic rings. The number of oxazole rings is 1. The van der Waals surface area contributed by atoms with Gasteiger partial charge in [0.05, 0.1) is 19.3 Å². The van der Waals surface area contributed by atoms with Crippen LogP contribution in [-0.2, 0) is 11.3 Å². The third kappa shape index (κ3) is 3.85. The van der Waals surface area contributed by atoms with Crippen LogP contribution in [-0.4, -0.2) is 48.4 Å². The molecule has 0 bridgehead atoms. The number of fused-ring (bicyclic) bond motifs is 1. The molecule has 0 radical (unpaired) electrons. The van der Waals surface area contributed by atoms with Crippen molar-refractivity contribution in [3.05, 3.63) is 36.0 Å². The van der Waals surface area contributed by atoms with Gasteiger partial charge in [0.25, 0.3) is 5.91 Å². The summed E-state index contributed by atoms with van der Waals surface area (Å²) >= 11 is 0. The number of carbonyl (C=O) groups excluding carboxylic acids is 1. The lowest BCUT2D eigenvalue weighted by Crippen LogP contribution is -2.48. The van der Waals surface area contributed by atoms with E-state index >= 15 is 0 Å². The van der Waals surface area contributed by atoms with E-state index in [1.807, 2.05) is 4.90 Å². The van der Waals surface area contributed by atoms with Gasteiger partial charge < -0.3 is 28.3 Å². The second-order valence-corrected chi connectivity index (χ2v) is 6.45. The van der Waals surface area contributed by atoms with Gasteiger partial charge in [0.1, 0.15) is 12.0 Å². The predicted molar refractivity (Wildman–Crippen MR) is 94.0 cm³/mol. The van der Waals surface area contributed by atoms with Gasteiger partial charge in [0.2, 0.25) is 12.7 Å². The van der Waals surface area contributed by atoms with Gasteiger partial charge in [-0.3, -0.25) is 4.79 Å². The predicted octanol–water partition coefficient (Wildman–Crippen LogP) is 2.62. The van der Waals surface area contributed by atoms with Gasteiger partial charge in [-0.05, 0) is 18.6 Å². The Kier molecular flexibility index (Phi) is 5.15. The second-order valence-electron chi connectivity index (χ2n) is 6.45. The monoisotopic (exact) mass is 374 g/mol. The molecule has 3 heterocycles. The van der Waals surface area contributed by atoms with E-state index in [1.54, 1.807) is 18.2 Å². The fraction of sp³-hybridized carbons (Fsp3) is 0.474. The minimum Gasteiger partial charge on any atom is -0.484 e.